The van der Waals surface area contributed by atoms with Crippen molar-refractivity contribution in [2.45, 2.75) is 25.6 Å². The van der Waals surface area contributed by atoms with Crippen LogP contribution in [0.3, 0.4) is 0 Å². The van der Waals surface area contributed by atoms with Gasteiger partial charge in [-0.1, -0.05) is 11.6 Å². The van der Waals surface area contributed by atoms with Crippen LogP contribution >= 0.6 is 11.6 Å². The van der Waals surface area contributed by atoms with E-state index in [1.165, 1.54) is 6.92 Å². The molecule has 0 fully saturated rings. The van der Waals surface area contributed by atoms with Gasteiger partial charge in [0.2, 0.25) is 0 Å². The molecule has 2 N–H and O–H groups in total. The zero-order valence-electron chi connectivity index (χ0n) is 8.23. The minimum atomic E-state index is -4.28. The summed E-state index contributed by atoms with van der Waals surface area (Å²) in [6, 6.07) is -0.910. The van der Waals surface area contributed by atoms with Gasteiger partial charge in [0.25, 0.3) is 5.56 Å². The van der Waals surface area contributed by atoms with E-state index in [1.807, 2.05) is 0 Å². The Labute approximate surface area is 93.8 Å². The van der Waals surface area contributed by atoms with E-state index in [0.29, 0.717) is 0 Å². The third-order valence-corrected chi connectivity index (χ3v) is 2.07. The van der Waals surface area contributed by atoms with E-state index in [4.69, 9.17) is 11.6 Å². The largest absolute Gasteiger partial charge is 0.391 e. The monoisotopic (exact) mass is 255 g/mol. The van der Waals surface area contributed by atoms with Gasteiger partial charge in [-0.15, -0.1) is 0 Å². The molecule has 0 spiro atoms. The second-order valence-electron chi connectivity index (χ2n) is 3.26. The summed E-state index contributed by atoms with van der Waals surface area (Å²) < 4.78 is 36.1. The molecule has 90 valence electrons. The minimum absolute atomic E-state index is 0.0535. The van der Waals surface area contributed by atoms with Crippen LogP contribution in [0.15, 0.2) is 11.1 Å². The van der Waals surface area contributed by atoms with Gasteiger partial charge in [0, 0.05) is 6.04 Å². The van der Waals surface area contributed by atoms with E-state index in [2.05, 4.69) is 15.3 Å². The van der Waals surface area contributed by atoms with Gasteiger partial charge in [0.05, 0.1) is 12.7 Å². The molecule has 4 nitrogen and oxygen atoms in total. The van der Waals surface area contributed by atoms with Crippen molar-refractivity contribution in [3.05, 3.63) is 21.7 Å². The van der Waals surface area contributed by atoms with Crippen LogP contribution in [-0.2, 0) is 0 Å². The first-order chi connectivity index (χ1) is 7.29. The Bertz CT molecular complexity index is 418. The molecule has 0 saturated carbocycles. The van der Waals surface area contributed by atoms with Crippen LogP contribution in [0.2, 0.25) is 5.02 Å². The number of hydrogen-bond acceptors (Lipinski definition) is 3. The van der Waals surface area contributed by atoms with Crippen LogP contribution in [0.5, 0.6) is 0 Å². The Hall–Kier alpha value is -1.24. The van der Waals surface area contributed by atoms with Crippen molar-refractivity contribution in [3.8, 4) is 0 Å². The number of anilines is 1. The lowest BCUT2D eigenvalue weighted by molar-refractivity contribution is -0.136. The molecule has 0 aliphatic heterocycles. The van der Waals surface area contributed by atoms with E-state index in [0.717, 1.165) is 6.33 Å². The predicted octanol–water partition coefficient (Wildman–Crippen LogP) is 2.18. The zero-order chi connectivity index (χ0) is 12.3. The van der Waals surface area contributed by atoms with Gasteiger partial charge < -0.3 is 10.3 Å². The highest BCUT2D eigenvalue weighted by molar-refractivity contribution is 6.32. The summed E-state index contributed by atoms with van der Waals surface area (Å²) in [5.41, 5.74) is -0.599. The molecule has 0 radical (unpaired) electrons. The molecule has 8 heteroatoms. The second kappa shape index (κ2) is 4.73. The SMILES string of the molecule is CC(CC(F)(F)F)Nc1nc[nH]c(=O)c1Cl. The lowest BCUT2D eigenvalue weighted by atomic mass is 10.2. The number of hydrogen-bond donors (Lipinski definition) is 2. The summed E-state index contributed by atoms with van der Waals surface area (Å²) in [4.78, 5) is 16.9. The average Bonchev–Trinajstić information content (AvgIpc) is 2.09. The lowest BCUT2D eigenvalue weighted by Gasteiger charge is -2.16. The zero-order valence-corrected chi connectivity index (χ0v) is 8.99. The van der Waals surface area contributed by atoms with Gasteiger partial charge in [-0.2, -0.15) is 13.2 Å². The van der Waals surface area contributed by atoms with Crippen LogP contribution in [-0.4, -0.2) is 22.2 Å². The Balaban J connectivity index is 2.74. The smallest absolute Gasteiger partial charge is 0.366 e. The van der Waals surface area contributed by atoms with Crippen LogP contribution in [0.1, 0.15) is 13.3 Å². The van der Waals surface area contributed by atoms with E-state index in [9.17, 15) is 18.0 Å². The van der Waals surface area contributed by atoms with Crippen LogP contribution in [0, 0.1) is 0 Å². The first-order valence-electron chi connectivity index (χ1n) is 4.36. The molecule has 0 aromatic carbocycles. The van der Waals surface area contributed by atoms with E-state index in [-0.39, 0.29) is 10.8 Å². The maximum Gasteiger partial charge on any atom is 0.391 e. The summed E-state index contributed by atoms with van der Waals surface area (Å²) in [5, 5.41) is 2.17. The highest BCUT2D eigenvalue weighted by Crippen LogP contribution is 2.23. The fourth-order valence-corrected chi connectivity index (χ4v) is 1.27. The summed E-state index contributed by atoms with van der Waals surface area (Å²) in [6.45, 7) is 1.33. The molecule has 1 unspecified atom stereocenters. The van der Waals surface area contributed by atoms with Crippen LogP contribution in [0.4, 0.5) is 19.0 Å². The van der Waals surface area contributed by atoms with Crippen LogP contribution in [0.25, 0.3) is 0 Å². The number of nitrogens with zero attached hydrogens (tertiary/aromatic N) is 1. The molecule has 1 aromatic rings. The average molecular weight is 256 g/mol. The maximum atomic E-state index is 12.0. The molecule has 0 bridgehead atoms. The Morgan fingerprint density at radius 3 is 2.81 bits per heavy atom. The molecule has 0 amide bonds. The van der Waals surface area contributed by atoms with Crippen LogP contribution < -0.4 is 10.9 Å². The summed E-state index contributed by atoms with van der Waals surface area (Å²) in [6.07, 6.45) is -4.24. The van der Waals surface area contributed by atoms with E-state index < -0.39 is 24.2 Å². The number of rotatable bonds is 3. The van der Waals surface area contributed by atoms with Crippen molar-refractivity contribution in [3.63, 3.8) is 0 Å². The third kappa shape index (κ3) is 3.73. The van der Waals surface area contributed by atoms with Crippen molar-refractivity contribution in [2.75, 3.05) is 5.32 Å². The van der Waals surface area contributed by atoms with E-state index >= 15 is 0 Å². The normalized spacial score (nSPS) is 13.6. The van der Waals surface area contributed by atoms with Gasteiger partial charge in [-0.25, -0.2) is 4.98 Å². The number of nitrogens with one attached hydrogen (secondary N) is 2. The standard InChI is InChI=1S/C8H9ClF3N3O/c1-4(2-8(10,11)12)15-6-5(9)7(16)14-3-13-6/h3-4H,2H2,1H3,(H2,13,14,15,16). The molecule has 1 atom stereocenters. The van der Waals surface area contributed by atoms with Gasteiger partial charge >= 0.3 is 6.18 Å². The maximum absolute atomic E-state index is 12.0. The third-order valence-electron chi connectivity index (χ3n) is 1.72. The fourth-order valence-electron chi connectivity index (χ4n) is 1.12. The van der Waals surface area contributed by atoms with Gasteiger partial charge in [0.15, 0.2) is 5.82 Å². The molecular weight excluding hydrogens is 247 g/mol. The summed E-state index contributed by atoms with van der Waals surface area (Å²) >= 11 is 5.56. The summed E-state index contributed by atoms with van der Waals surface area (Å²) in [5.74, 6) is -0.0535. The number of alkyl halides is 3. The Morgan fingerprint density at radius 1 is 1.62 bits per heavy atom. The highest BCUT2D eigenvalue weighted by atomic mass is 35.5. The second-order valence-corrected chi connectivity index (χ2v) is 3.64. The number of halogens is 4. The van der Waals surface area contributed by atoms with E-state index in [1.54, 1.807) is 0 Å². The molecule has 1 aromatic heterocycles. The topological polar surface area (TPSA) is 57.8 Å². The first kappa shape index (κ1) is 12.8. The van der Waals surface area contributed by atoms with Gasteiger partial charge in [0.1, 0.15) is 5.02 Å². The predicted molar refractivity (Wildman–Crippen MR) is 53.6 cm³/mol. The molecule has 0 saturated heterocycles. The molecular formula is C8H9ClF3N3O. The van der Waals surface area contributed by atoms with Crippen molar-refractivity contribution >= 4 is 17.4 Å². The first-order valence-corrected chi connectivity index (χ1v) is 4.74. The van der Waals surface area contributed by atoms with Crippen molar-refractivity contribution in [1.82, 2.24) is 9.97 Å². The summed E-state index contributed by atoms with van der Waals surface area (Å²) in [7, 11) is 0. The number of aromatic nitrogens is 2. The molecule has 0 aliphatic carbocycles. The number of H-pyrrole nitrogens is 1. The molecule has 1 heterocycles. The lowest BCUT2D eigenvalue weighted by Crippen LogP contribution is -2.25. The highest BCUT2D eigenvalue weighted by Gasteiger charge is 2.30. The van der Waals surface area contributed by atoms with Gasteiger partial charge in [-0.05, 0) is 6.92 Å². The van der Waals surface area contributed by atoms with Crippen molar-refractivity contribution in [2.24, 2.45) is 0 Å². The van der Waals surface area contributed by atoms with Crippen molar-refractivity contribution in [1.29, 1.82) is 0 Å². The Kier molecular flexibility index (Phi) is 3.79. The molecule has 1 rings (SSSR count). The van der Waals surface area contributed by atoms with Gasteiger partial charge in [-0.3, -0.25) is 4.79 Å². The molecule has 16 heavy (non-hydrogen) atoms. The van der Waals surface area contributed by atoms with Crippen molar-refractivity contribution < 1.29 is 13.2 Å². The quantitative estimate of drug-likeness (QED) is 0.870. The Morgan fingerprint density at radius 2 is 2.25 bits per heavy atom. The minimum Gasteiger partial charge on any atom is -0.366 e. The molecule has 0 aliphatic rings. The number of aromatic amines is 1. The fraction of sp³-hybridized carbons (Fsp3) is 0.500.